The average molecular weight is 237 g/mol. The van der Waals surface area contributed by atoms with E-state index in [-0.39, 0.29) is 6.04 Å². The summed E-state index contributed by atoms with van der Waals surface area (Å²) in [4.78, 5) is 20.7. The van der Waals surface area contributed by atoms with Crippen molar-refractivity contribution >= 4 is 17.7 Å². The Labute approximate surface area is 98.7 Å². The second kappa shape index (κ2) is 4.86. The maximum Gasteiger partial charge on any atom is 0.404 e. The summed E-state index contributed by atoms with van der Waals surface area (Å²) in [5.74, 6) is 1.01. The third-order valence-corrected chi connectivity index (χ3v) is 2.75. The van der Waals surface area contributed by atoms with Gasteiger partial charge in [-0.1, -0.05) is 0 Å². The van der Waals surface area contributed by atoms with Crippen LogP contribution in [-0.2, 0) is 0 Å². The summed E-state index contributed by atoms with van der Waals surface area (Å²) in [6, 6.07) is -0.0809. The van der Waals surface area contributed by atoms with Gasteiger partial charge in [-0.05, 0) is 12.8 Å². The lowest BCUT2D eigenvalue weighted by atomic mass is 10.1. The van der Waals surface area contributed by atoms with Crippen molar-refractivity contribution in [2.24, 2.45) is 0 Å². The number of rotatable bonds is 2. The lowest BCUT2D eigenvalue weighted by Gasteiger charge is -2.33. The number of hydrogen-bond donors (Lipinski definition) is 3. The van der Waals surface area contributed by atoms with Gasteiger partial charge in [-0.3, -0.25) is 0 Å². The largest absolute Gasteiger partial charge is 0.465 e. The Morgan fingerprint density at radius 3 is 3.00 bits per heavy atom. The number of amides is 1. The summed E-state index contributed by atoms with van der Waals surface area (Å²) < 4.78 is 0. The molecule has 4 N–H and O–H groups in total. The molecular weight excluding hydrogens is 222 g/mol. The molecule has 0 radical (unpaired) electrons. The fourth-order valence-electron chi connectivity index (χ4n) is 2.05. The van der Waals surface area contributed by atoms with Gasteiger partial charge in [0.2, 0.25) is 0 Å². The summed E-state index contributed by atoms with van der Waals surface area (Å²) >= 11 is 0. The fraction of sp³-hybridized carbons (Fsp3) is 0.500. The van der Waals surface area contributed by atoms with E-state index in [0.29, 0.717) is 18.2 Å². The van der Waals surface area contributed by atoms with Crippen LogP contribution in [0.25, 0.3) is 0 Å². The second-order valence-corrected chi connectivity index (χ2v) is 4.00. The minimum Gasteiger partial charge on any atom is -0.465 e. The molecule has 0 bridgehead atoms. The SMILES string of the molecule is Nc1nccnc1N1CCCC(NC(=O)O)C1. The summed E-state index contributed by atoms with van der Waals surface area (Å²) in [6.45, 7) is 1.40. The summed E-state index contributed by atoms with van der Waals surface area (Å²) in [5, 5.41) is 11.2. The van der Waals surface area contributed by atoms with Crippen LogP contribution in [0.1, 0.15) is 12.8 Å². The highest BCUT2D eigenvalue weighted by Crippen LogP contribution is 2.21. The molecule has 7 nitrogen and oxygen atoms in total. The first-order chi connectivity index (χ1) is 8.16. The number of carboxylic acid groups (broad SMARTS) is 1. The maximum atomic E-state index is 10.6. The number of carbonyl (C=O) groups is 1. The molecule has 1 unspecified atom stereocenters. The molecule has 1 aliphatic rings. The van der Waals surface area contributed by atoms with Gasteiger partial charge < -0.3 is 21.1 Å². The molecule has 2 heterocycles. The van der Waals surface area contributed by atoms with Gasteiger partial charge in [0.25, 0.3) is 0 Å². The molecule has 0 aliphatic carbocycles. The van der Waals surface area contributed by atoms with Gasteiger partial charge in [-0.2, -0.15) is 0 Å². The summed E-state index contributed by atoms with van der Waals surface area (Å²) in [7, 11) is 0. The van der Waals surface area contributed by atoms with Crippen LogP contribution in [0, 0.1) is 0 Å². The standard InChI is InChI=1S/C10H15N5O2/c11-8-9(13-4-3-12-8)15-5-1-2-7(6-15)14-10(16)17/h3-4,7,14H,1-2,5-6H2,(H2,11,12)(H,16,17). The van der Waals surface area contributed by atoms with Gasteiger partial charge >= 0.3 is 6.09 Å². The second-order valence-electron chi connectivity index (χ2n) is 4.00. The van der Waals surface area contributed by atoms with Gasteiger partial charge in [-0.25, -0.2) is 14.8 Å². The van der Waals surface area contributed by atoms with Crippen molar-refractivity contribution in [3.8, 4) is 0 Å². The Bertz CT molecular complexity index is 411. The Balaban J connectivity index is 2.07. The number of piperidine rings is 1. The smallest absolute Gasteiger partial charge is 0.404 e. The van der Waals surface area contributed by atoms with Crippen LogP contribution < -0.4 is 16.0 Å². The van der Waals surface area contributed by atoms with Crippen LogP contribution in [-0.4, -0.2) is 40.3 Å². The van der Waals surface area contributed by atoms with E-state index in [9.17, 15) is 4.79 Å². The molecule has 92 valence electrons. The molecule has 1 fully saturated rings. The third-order valence-electron chi connectivity index (χ3n) is 2.75. The molecular formula is C10H15N5O2. The number of aromatic nitrogens is 2. The predicted octanol–water partition coefficient (Wildman–Crippen LogP) is 0.295. The third kappa shape index (κ3) is 2.74. The Morgan fingerprint density at radius 1 is 1.53 bits per heavy atom. The Morgan fingerprint density at radius 2 is 2.29 bits per heavy atom. The molecule has 2 rings (SSSR count). The minimum absolute atomic E-state index is 0.0809. The fourth-order valence-corrected chi connectivity index (χ4v) is 2.05. The van der Waals surface area contributed by atoms with Crippen LogP contribution in [0.15, 0.2) is 12.4 Å². The predicted molar refractivity (Wildman–Crippen MR) is 62.8 cm³/mol. The van der Waals surface area contributed by atoms with Gasteiger partial charge in [0.05, 0.1) is 0 Å². The molecule has 7 heteroatoms. The first-order valence-electron chi connectivity index (χ1n) is 5.47. The highest BCUT2D eigenvalue weighted by Gasteiger charge is 2.23. The zero-order valence-electron chi connectivity index (χ0n) is 9.33. The molecule has 1 atom stereocenters. The van der Waals surface area contributed by atoms with Crippen LogP contribution in [0.2, 0.25) is 0 Å². The van der Waals surface area contributed by atoms with Gasteiger partial charge in [0.15, 0.2) is 11.6 Å². The van der Waals surface area contributed by atoms with Crippen molar-refractivity contribution in [3.63, 3.8) is 0 Å². The van der Waals surface area contributed by atoms with Crippen LogP contribution in [0.4, 0.5) is 16.4 Å². The van der Waals surface area contributed by atoms with Crippen LogP contribution in [0.5, 0.6) is 0 Å². The van der Waals surface area contributed by atoms with E-state index in [1.54, 1.807) is 6.20 Å². The quantitative estimate of drug-likeness (QED) is 0.683. The first kappa shape index (κ1) is 11.4. The Kier molecular flexibility index (Phi) is 3.27. The lowest BCUT2D eigenvalue weighted by Crippen LogP contribution is -2.47. The maximum absolute atomic E-state index is 10.6. The topological polar surface area (TPSA) is 104 Å². The molecule has 1 aromatic heterocycles. The molecule has 1 aliphatic heterocycles. The molecule has 1 aromatic rings. The van der Waals surface area contributed by atoms with Crippen molar-refractivity contribution in [1.29, 1.82) is 0 Å². The zero-order chi connectivity index (χ0) is 12.3. The van der Waals surface area contributed by atoms with E-state index in [0.717, 1.165) is 19.4 Å². The van der Waals surface area contributed by atoms with E-state index in [1.807, 2.05) is 4.90 Å². The van der Waals surface area contributed by atoms with Crippen molar-refractivity contribution < 1.29 is 9.90 Å². The van der Waals surface area contributed by atoms with Crippen molar-refractivity contribution in [2.45, 2.75) is 18.9 Å². The van der Waals surface area contributed by atoms with E-state index in [1.165, 1.54) is 6.20 Å². The number of nitrogen functional groups attached to an aromatic ring is 1. The molecule has 0 spiro atoms. The van der Waals surface area contributed by atoms with Crippen molar-refractivity contribution in [2.75, 3.05) is 23.7 Å². The number of nitrogens with two attached hydrogens (primary N) is 1. The highest BCUT2D eigenvalue weighted by molar-refractivity contribution is 5.65. The number of hydrogen-bond acceptors (Lipinski definition) is 5. The van der Waals surface area contributed by atoms with E-state index in [4.69, 9.17) is 10.8 Å². The monoisotopic (exact) mass is 237 g/mol. The van der Waals surface area contributed by atoms with E-state index in [2.05, 4.69) is 15.3 Å². The number of nitrogens with zero attached hydrogens (tertiary/aromatic N) is 3. The van der Waals surface area contributed by atoms with E-state index < -0.39 is 6.09 Å². The zero-order valence-corrected chi connectivity index (χ0v) is 9.33. The van der Waals surface area contributed by atoms with Crippen LogP contribution >= 0.6 is 0 Å². The first-order valence-corrected chi connectivity index (χ1v) is 5.47. The van der Waals surface area contributed by atoms with Gasteiger partial charge in [-0.15, -0.1) is 0 Å². The molecule has 1 saturated heterocycles. The normalized spacial score (nSPS) is 20.0. The van der Waals surface area contributed by atoms with Crippen molar-refractivity contribution in [1.82, 2.24) is 15.3 Å². The van der Waals surface area contributed by atoms with Crippen LogP contribution in [0.3, 0.4) is 0 Å². The lowest BCUT2D eigenvalue weighted by molar-refractivity contribution is 0.188. The minimum atomic E-state index is -0.996. The van der Waals surface area contributed by atoms with Crippen molar-refractivity contribution in [3.05, 3.63) is 12.4 Å². The average Bonchev–Trinajstić information content (AvgIpc) is 2.29. The van der Waals surface area contributed by atoms with E-state index >= 15 is 0 Å². The summed E-state index contributed by atoms with van der Waals surface area (Å²) in [6.07, 6.45) is 3.86. The van der Waals surface area contributed by atoms with Gasteiger partial charge in [0.1, 0.15) is 0 Å². The highest BCUT2D eigenvalue weighted by atomic mass is 16.4. The molecule has 0 saturated carbocycles. The van der Waals surface area contributed by atoms with Gasteiger partial charge in [0, 0.05) is 31.5 Å². The number of anilines is 2. The summed E-state index contributed by atoms with van der Waals surface area (Å²) in [5.41, 5.74) is 5.75. The molecule has 1 amide bonds. The molecule has 0 aromatic carbocycles. The molecule has 17 heavy (non-hydrogen) atoms. The number of nitrogens with one attached hydrogen (secondary N) is 1. The Hall–Kier alpha value is -2.05.